The number of hydrogen-bond donors (Lipinski definition) is 0. The minimum absolute atomic E-state index is 0.179. The fraction of sp³-hybridized carbons (Fsp3) is 0.500. The van der Waals surface area contributed by atoms with Gasteiger partial charge in [0.05, 0.1) is 0 Å². The second-order valence-corrected chi connectivity index (χ2v) is 5.45. The lowest BCUT2D eigenvalue weighted by Crippen LogP contribution is -2.28. The zero-order chi connectivity index (χ0) is 12.5. The molecule has 0 unspecified atom stereocenters. The summed E-state index contributed by atoms with van der Waals surface area (Å²) in [5, 5.41) is 0. The molecule has 92 valence electrons. The van der Waals surface area contributed by atoms with E-state index < -0.39 is 12.4 Å². The van der Waals surface area contributed by atoms with Gasteiger partial charge in [-0.05, 0) is 5.56 Å². The molecule has 0 radical (unpaired) electrons. The van der Waals surface area contributed by atoms with E-state index in [2.05, 4.69) is 0 Å². The Morgan fingerprint density at radius 3 is 2.35 bits per heavy atom. The number of ether oxygens (including phenoxy) is 2. The van der Waals surface area contributed by atoms with Crippen LogP contribution >= 0.6 is 0 Å². The van der Waals surface area contributed by atoms with Crippen LogP contribution in [0.25, 0.3) is 0 Å². The van der Waals surface area contributed by atoms with Crippen molar-refractivity contribution in [2.24, 2.45) is 5.41 Å². The zero-order valence-corrected chi connectivity index (χ0v) is 10.5. The number of cyclic esters (lactones) is 1. The molecule has 1 aromatic carbocycles. The molecule has 0 amide bonds. The highest BCUT2D eigenvalue weighted by Crippen LogP contribution is 2.30. The van der Waals surface area contributed by atoms with Crippen LogP contribution in [-0.4, -0.2) is 18.4 Å². The van der Waals surface area contributed by atoms with Crippen molar-refractivity contribution in [2.75, 3.05) is 0 Å². The summed E-state index contributed by atoms with van der Waals surface area (Å²) in [4.78, 5) is 11.7. The highest BCUT2D eigenvalue weighted by Gasteiger charge is 2.41. The van der Waals surface area contributed by atoms with Crippen molar-refractivity contribution in [3.05, 3.63) is 35.9 Å². The van der Waals surface area contributed by atoms with E-state index in [0.29, 0.717) is 6.42 Å². The summed E-state index contributed by atoms with van der Waals surface area (Å²) >= 11 is 0. The Hall–Kier alpha value is -1.35. The fourth-order valence-electron chi connectivity index (χ4n) is 1.75. The van der Waals surface area contributed by atoms with Crippen LogP contribution in [0, 0.1) is 5.41 Å². The Labute approximate surface area is 102 Å². The summed E-state index contributed by atoms with van der Waals surface area (Å²) < 4.78 is 10.9. The molecule has 1 aliphatic heterocycles. The molecule has 0 spiro atoms. The lowest BCUT2D eigenvalue weighted by molar-refractivity contribution is -0.154. The lowest BCUT2D eigenvalue weighted by Gasteiger charge is -2.24. The van der Waals surface area contributed by atoms with Gasteiger partial charge in [-0.1, -0.05) is 51.1 Å². The van der Waals surface area contributed by atoms with Crippen LogP contribution in [0.15, 0.2) is 30.3 Å². The molecule has 3 nitrogen and oxygen atoms in total. The smallest absolute Gasteiger partial charge is 0.338 e. The van der Waals surface area contributed by atoms with E-state index in [1.807, 2.05) is 51.1 Å². The predicted molar refractivity (Wildman–Crippen MR) is 64.4 cm³/mol. The molecule has 0 bridgehead atoms. The maximum atomic E-state index is 11.7. The normalized spacial score (nSPS) is 24.8. The van der Waals surface area contributed by atoms with Crippen molar-refractivity contribution in [2.45, 2.75) is 39.6 Å². The summed E-state index contributed by atoms with van der Waals surface area (Å²) in [6, 6.07) is 9.84. The number of carbonyl (C=O) groups excluding carboxylic acids is 1. The van der Waals surface area contributed by atoms with Crippen LogP contribution in [0.3, 0.4) is 0 Å². The van der Waals surface area contributed by atoms with E-state index in [9.17, 15) is 4.79 Å². The Morgan fingerprint density at radius 2 is 1.82 bits per heavy atom. The van der Waals surface area contributed by atoms with Gasteiger partial charge in [0.25, 0.3) is 0 Å². The Morgan fingerprint density at radius 1 is 1.18 bits per heavy atom. The standard InChI is InChI=1S/C14H18O3/c1-14(2,3)13-16-11(12(15)17-13)9-10-7-5-4-6-8-10/h4-8,11,13H,9H2,1-3H3/t11-,13-/m0/s1. The van der Waals surface area contributed by atoms with Crippen molar-refractivity contribution < 1.29 is 14.3 Å². The van der Waals surface area contributed by atoms with E-state index in [1.54, 1.807) is 0 Å². The van der Waals surface area contributed by atoms with Gasteiger partial charge >= 0.3 is 5.97 Å². The Kier molecular flexibility index (Phi) is 3.20. The van der Waals surface area contributed by atoms with Gasteiger partial charge in [-0.2, -0.15) is 0 Å². The maximum absolute atomic E-state index is 11.7. The first-order valence-electron chi connectivity index (χ1n) is 5.87. The molecule has 0 aromatic heterocycles. The minimum Gasteiger partial charge on any atom is -0.433 e. The van der Waals surface area contributed by atoms with E-state index in [1.165, 1.54) is 0 Å². The van der Waals surface area contributed by atoms with Crippen LogP contribution < -0.4 is 0 Å². The maximum Gasteiger partial charge on any atom is 0.338 e. The fourth-order valence-corrected chi connectivity index (χ4v) is 1.75. The van der Waals surface area contributed by atoms with Crippen LogP contribution in [0.5, 0.6) is 0 Å². The summed E-state index contributed by atoms with van der Waals surface area (Å²) in [5.41, 5.74) is 0.908. The van der Waals surface area contributed by atoms with Gasteiger partial charge in [0, 0.05) is 11.8 Å². The van der Waals surface area contributed by atoms with E-state index in [-0.39, 0.29) is 11.4 Å². The summed E-state index contributed by atoms with van der Waals surface area (Å²) in [6.45, 7) is 5.99. The van der Waals surface area contributed by atoms with Gasteiger partial charge in [0.15, 0.2) is 6.10 Å². The molecular formula is C14H18O3. The van der Waals surface area contributed by atoms with Gasteiger partial charge in [0.1, 0.15) is 0 Å². The van der Waals surface area contributed by atoms with E-state index in [4.69, 9.17) is 9.47 Å². The number of esters is 1. The molecule has 2 rings (SSSR count). The Balaban J connectivity index is 2.02. The monoisotopic (exact) mass is 234 g/mol. The van der Waals surface area contributed by atoms with E-state index in [0.717, 1.165) is 5.56 Å². The second kappa shape index (κ2) is 4.49. The summed E-state index contributed by atoms with van der Waals surface area (Å²) in [7, 11) is 0. The van der Waals surface area contributed by atoms with Gasteiger partial charge < -0.3 is 9.47 Å². The highest BCUT2D eigenvalue weighted by atomic mass is 16.8. The molecule has 1 aromatic rings. The predicted octanol–water partition coefficient (Wildman–Crippen LogP) is 2.54. The Bertz CT molecular complexity index is 392. The first kappa shape index (κ1) is 12.1. The summed E-state index contributed by atoms with van der Waals surface area (Å²) in [6.07, 6.45) is -0.336. The number of hydrogen-bond acceptors (Lipinski definition) is 3. The van der Waals surface area contributed by atoms with Gasteiger partial charge in [-0.15, -0.1) is 0 Å². The third-order valence-electron chi connectivity index (χ3n) is 2.74. The van der Waals surface area contributed by atoms with Crippen molar-refractivity contribution in [3.63, 3.8) is 0 Å². The molecule has 2 atom stereocenters. The molecule has 0 saturated carbocycles. The molecule has 1 aliphatic rings. The number of carbonyl (C=O) groups is 1. The largest absolute Gasteiger partial charge is 0.433 e. The molecule has 0 aliphatic carbocycles. The second-order valence-electron chi connectivity index (χ2n) is 5.45. The van der Waals surface area contributed by atoms with Crippen molar-refractivity contribution in [1.82, 2.24) is 0 Å². The third-order valence-corrected chi connectivity index (χ3v) is 2.74. The van der Waals surface area contributed by atoms with Gasteiger partial charge in [-0.25, -0.2) is 4.79 Å². The number of benzene rings is 1. The topological polar surface area (TPSA) is 35.5 Å². The minimum atomic E-state index is -0.471. The molecular weight excluding hydrogens is 216 g/mol. The lowest BCUT2D eigenvalue weighted by atomic mass is 9.96. The highest BCUT2D eigenvalue weighted by molar-refractivity contribution is 5.76. The average Bonchev–Trinajstić information content (AvgIpc) is 2.62. The average molecular weight is 234 g/mol. The zero-order valence-electron chi connectivity index (χ0n) is 10.5. The van der Waals surface area contributed by atoms with Gasteiger partial charge in [0.2, 0.25) is 6.29 Å². The van der Waals surface area contributed by atoms with Crippen LogP contribution in [0.1, 0.15) is 26.3 Å². The molecule has 1 fully saturated rings. The molecule has 1 heterocycles. The third kappa shape index (κ3) is 2.86. The number of rotatable bonds is 2. The van der Waals surface area contributed by atoms with Crippen molar-refractivity contribution in [1.29, 1.82) is 0 Å². The summed E-state index contributed by atoms with van der Waals surface area (Å²) in [5.74, 6) is -0.256. The van der Waals surface area contributed by atoms with Gasteiger partial charge in [-0.3, -0.25) is 0 Å². The first-order chi connectivity index (χ1) is 7.97. The van der Waals surface area contributed by atoms with Crippen molar-refractivity contribution >= 4 is 5.97 Å². The molecule has 0 N–H and O–H groups in total. The quantitative estimate of drug-likeness (QED) is 0.738. The van der Waals surface area contributed by atoms with Crippen LogP contribution in [-0.2, 0) is 20.7 Å². The molecule has 17 heavy (non-hydrogen) atoms. The van der Waals surface area contributed by atoms with Crippen molar-refractivity contribution in [3.8, 4) is 0 Å². The SMILES string of the molecule is CC(C)(C)[C@@H]1OC(=O)[C@H](Cc2ccccc2)O1. The van der Waals surface area contributed by atoms with E-state index >= 15 is 0 Å². The molecule has 3 heteroatoms. The first-order valence-corrected chi connectivity index (χ1v) is 5.87. The van der Waals surface area contributed by atoms with Crippen LogP contribution in [0.4, 0.5) is 0 Å². The van der Waals surface area contributed by atoms with Crippen LogP contribution in [0.2, 0.25) is 0 Å². The molecule has 1 saturated heterocycles.